The highest BCUT2D eigenvalue weighted by Crippen LogP contribution is 2.42. The molecule has 1 aromatic heterocycles. The van der Waals surface area contributed by atoms with Crippen LogP contribution in [0.4, 0.5) is 5.82 Å². The topological polar surface area (TPSA) is 77.2 Å². The maximum Gasteiger partial charge on any atom is 0.223 e. The van der Waals surface area contributed by atoms with Crippen LogP contribution in [0.1, 0.15) is 50.2 Å². The van der Waals surface area contributed by atoms with Crippen molar-refractivity contribution in [3.05, 3.63) is 59.7 Å². The number of hydrogen-bond donors (Lipinski definition) is 2. The Labute approximate surface area is 195 Å². The number of carbonyl (C=O) groups is 1. The summed E-state index contributed by atoms with van der Waals surface area (Å²) < 4.78 is 6.00. The van der Waals surface area contributed by atoms with E-state index in [1.807, 2.05) is 13.0 Å². The number of benzene rings is 2. The Morgan fingerprint density at radius 1 is 1.24 bits per heavy atom. The molecule has 1 saturated carbocycles. The van der Waals surface area contributed by atoms with Crippen molar-refractivity contribution in [2.45, 2.75) is 64.0 Å². The zero-order chi connectivity index (χ0) is 23.0. The number of pyridine rings is 1. The highest BCUT2D eigenvalue weighted by molar-refractivity contribution is 5.87. The third kappa shape index (κ3) is 4.47. The molecule has 5 rings (SSSR count). The summed E-state index contributed by atoms with van der Waals surface area (Å²) in [6, 6.07) is 17.0. The molecule has 5 nitrogen and oxygen atoms in total. The molecule has 5 heteroatoms. The summed E-state index contributed by atoms with van der Waals surface area (Å²) in [7, 11) is 0. The lowest BCUT2D eigenvalue weighted by Crippen LogP contribution is -2.52. The van der Waals surface area contributed by atoms with Gasteiger partial charge in [0.05, 0.1) is 11.1 Å². The second kappa shape index (κ2) is 8.79. The lowest BCUT2D eigenvalue weighted by Gasteiger charge is -2.47. The Bertz CT molecular complexity index is 1180. The maximum atomic E-state index is 13.0. The van der Waals surface area contributed by atoms with Crippen molar-refractivity contribution < 1.29 is 9.53 Å². The molecule has 2 aliphatic rings. The number of nitrogens with two attached hydrogens (primary N) is 1. The molecule has 3 N–H and O–H groups in total. The van der Waals surface area contributed by atoms with E-state index in [-0.39, 0.29) is 23.5 Å². The molecule has 2 aromatic carbocycles. The van der Waals surface area contributed by atoms with E-state index < -0.39 is 0 Å². The predicted octanol–water partition coefficient (Wildman–Crippen LogP) is 5.19. The predicted molar refractivity (Wildman–Crippen MR) is 133 cm³/mol. The molecule has 172 valence electrons. The lowest BCUT2D eigenvalue weighted by molar-refractivity contribution is -0.142. The van der Waals surface area contributed by atoms with Gasteiger partial charge in [0.2, 0.25) is 5.91 Å². The van der Waals surface area contributed by atoms with Crippen molar-refractivity contribution >= 4 is 22.6 Å². The van der Waals surface area contributed by atoms with E-state index in [2.05, 4.69) is 59.7 Å². The Morgan fingerprint density at radius 2 is 2.06 bits per heavy atom. The first-order chi connectivity index (χ1) is 15.9. The second-order valence-corrected chi connectivity index (χ2v) is 9.94. The van der Waals surface area contributed by atoms with Gasteiger partial charge in [-0.25, -0.2) is 4.98 Å². The number of nitrogen functional groups attached to an aromatic ring is 1. The van der Waals surface area contributed by atoms with E-state index in [4.69, 9.17) is 10.5 Å². The van der Waals surface area contributed by atoms with Crippen molar-refractivity contribution in [2.24, 2.45) is 5.92 Å². The van der Waals surface area contributed by atoms with Gasteiger partial charge in [-0.05, 0) is 85.9 Å². The molecule has 0 bridgehead atoms. The SMILES string of the molecule is Cc1ccccc1-c1ccc2nc(N)c(C[C@@H](C)C(=O)NC3CCOC4(CCC4)C3)cc2c1. The zero-order valence-corrected chi connectivity index (χ0v) is 19.6. The molecule has 1 unspecified atom stereocenters. The van der Waals surface area contributed by atoms with Gasteiger partial charge in [-0.3, -0.25) is 4.79 Å². The number of ether oxygens (including phenoxy) is 1. The molecule has 3 aromatic rings. The number of aryl methyl sites for hydroxylation is 1. The number of fused-ring (bicyclic) bond motifs is 1. The normalized spacial score (nSPS) is 20.4. The van der Waals surface area contributed by atoms with Crippen molar-refractivity contribution in [2.75, 3.05) is 12.3 Å². The summed E-state index contributed by atoms with van der Waals surface area (Å²) in [6.45, 7) is 4.84. The lowest BCUT2D eigenvalue weighted by atomic mass is 9.74. The number of nitrogens with one attached hydrogen (secondary N) is 1. The molecule has 1 amide bonds. The summed E-state index contributed by atoms with van der Waals surface area (Å²) >= 11 is 0. The van der Waals surface area contributed by atoms with Gasteiger partial charge >= 0.3 is 0 Å². The number of hydrogen-bond acceptors (Lipinski definition) is 4. The minimum Gasteiger partial charge on any atom is -0.383 e. The minimum atomic E-state index is -0.175. The number of nitrogens with zero attached hydrogens (tertiary/aromatic N) is 1. The third-order valence-electron chi connectivity index (χ3n) is 7.46. The first-order valence-corrected chi connectivity index (χ1v) is 12.1. The molecule has 1 aliphatic carbocycles. The van der Waals surface area contributed by atoms with Gasteiger partial charge in [0.1, 0.15) is 5.82 Å². The van der Waals surface area contributed by atoms with Crippen molar-refractivity contribution in [1.29, 1.82) is 0 Å². The first-order valence-electron chi connectivity index (χ1n) is 12.1. The standard InChI is InChI=1S/C28H33N3O2/c1-18-6-3-4-7-24(18)20-8-9-25-21(15-20)16-22(26(29)31-25)14-19(2)27(32)30-23-10-13-33-28(17-23)11-5-12-28/h3-4,6-9,15-16,19,23H,5,10-14,17H2,1-2H3,(H2,29,31)(H,30,32)/t19-,23?/m1/s1. The highest BCUT2D eigenvalue weighted by Gasteiger charge is 2.43. The van der Waals surface area contributed by atoms with Gasteiger partial charge in [0, 0.05) is 24.0 Å². The average Bonchev–Trinajstić information content (AvgIpc) is 2.79. The van der Waals surface area contributed by atoms with E-state index in [1.165, 1.54) is 17.5 Å². The van der Waals surface area contributed by atoms with E-state index in [0.717, 1.165) is 54.3 Å². The van der Waals surface area contributed by atoms with Crippen LogP contribution in [0, 0.1) is 12.8 Å². The van der Waals surface area contributed by atoms with Gasteiger partial charge < -0.3 is 15.8 Å². The Hall–Kier alpha value is -2.92. The van der Waals surface area contributed by atoms with E-state index in [9.17, 15) is 4.79 Å². The zero-order valence-electron chi connectivity index (χ0n) is 19.6. The van der Waals surface area contributed by atoms with E-state index >= 15 is 0 Å². The molecule has 1 saturated heterocycles. The Morgan fingerprint density at radius 3 is 2.82 bits per heavy atom. The van der Waals surface area contributed by atoms with Crippen LogP contribution in [0.15, 0.2) is 48.5 Å². The number of anilines is 1. The van der Waals surface area contributed by atoms with Crippen molar-refractivity contribution in [1.82, 2.24) is 10.3 Å². The number of aromatic nitrogens is 1. The van der Waals surface area contributed by atoms with Gasteiger partial charge in [-0.15, -0.1) is 0 Å². The fraction of sp³-hybridized carbons (Fsp3) is 0.429. The fourth-order valence-electron chi connectivity index (χ4n) is 5.30. The molecule has 0 radical (unpaired) electrons. The summed E-state index contributed by atoms with van der Waals surface area (Å²) in [5, 5.41) is 4.32. The van der Waals surface area contributed by atoms with Gasteiger partial charge in [-0.1, -0.05) is 37.3 Å². The summed E-state index contributed by atoms with van der Waals surface area (Å²) in [5.74, 6) is 0.418. The molecule has 2 heterocycles. The Kier molecular flexibility index (Phi) is 5.83. The van der Waals surface area contributed by atoms with Crippen LogP contribution in [0.25, 0.3) is 22.0 Å². The molecule has 1 spiro atoms. The quantitative estimate of drug-likeness (QED) is 0.569. The maximum absolute atomic E-state index is 13.0. The van der Waals surface area contributed by atoms with Crippen LogP contribution in [0.5, 0.6) is 0 Å². The minimum absolute atomic E-state index is 0.0287. The van der Waals surface area contributed by atoms with E-state index in [1.54, 1.807) is 0 Å². The van der Waals surface area contributed by atoms with Crippen molar-refractivity contribution in [3.8, 4) is 11.1 Å². The van der Waals surface area contributed by atoms with Crippen molar-refractivity contribution in [3.63, 3.8) is 0 Å². The second-order valence-electron chi connectivity index (χ2n) is 9.94. The van der Waals surface area contributed by atoms with Crippen LogP contribution < -0.4 is 11.1 Å². The molecule has 1 aliphatic heterocycles. The van der Waals surface area contributed by atoms with Gasteiger partial charge in [0.15, 0.2) is 0 Å². The fourth-order valence-corrected chi connectivity index (χ4v) is 5.30. The third-order valence-corrected chi connectivity index (χ3v) is 7.46. The van der Waals surface area contributed by atoms with Crippen LogP contribution in [0.2, 0.25) is 0 Å². The summed E-state index contributed by atoms with van der Waals surface area (Å²) in [5.41, 5.74) is 11.7. The Balaban J connectivity index is 1.31. The monoisotopic (exact) mass is 443 g/mol. The van der Waals surface area contributed by atoms with Gasteiger partial charge in [0.25, 0.3) is 0 Å². The summed E-state index contributed by atoms with van der Waals surface area (Å²) in [6.07, 6.45) is 5.88. The average molecular weight is 444 g/mol. The molecular formula is C28H33N3O2. The summed E-state index contributed by atoms with van der Waals surface area (Å²) in [4.78, 5) is 17.6. The number of carbonyl (C=O) groups excluding carboxylic acids is 1. The number of rotatable bonds is 5. The number of amides is 1. The first kappa shape index (κ1) is 21.9. The molecular weight excluding hydrogens is 410 g/mol. The van der Waals surface area contributed by atoms with Gasteiger partial charge in [-0.2, -0.15) is 0 Å². The molecule has 2 atom stereocenters. The molecule has 2 fully saturated rings. The molecule has 33 heavy (non-hydrogen) atoms. The van der Waals surface area contributed by atoms with Crippen LogP contribution in [0.3, 0.4) is 0 Å². The largest absolute Gasteiger partial charge is 0.383 e. The van der Waals surface area contributed by atoms with E-state index in [0.29, 0.717) is 12.2 Å². The van der Waals surface area contributed by atoms with Crippen LogP contribution in [-0.2, 0) is 16.0 Å². The smallest absolute Gasteiger partial charge is 0.223 e. The van der Waals surface area contributed by atoms with Crippen LogP contribution in [-0.4, -0.2) is 29.1 Å². The van der Waals surface area contributed by atoms with Crippen LogP contribution >= 0.6 is 0 Å². The highest BCUT2D eigenvalue weighted by atomic mass is 16.5.